The van der Waals surface area contributed by atoms with E-state index in [0.29, 0.717) is 25.4 Å². The van der Waals surface area contributed by atoms with Crippen LogP contribution < -0.4 is 10.6 Å². The molecule has 0 aromatic rings. The second kappa shape index (κ2) is 6.40. The van der Waals surface area contributed by atoms with Gasteiger partial charge in [-0.1, -0.05) is 0 Å². The van der Waals surface area contributed by atoms with Gasteiger partial charge in [-0.2, -0.15) is 0 Å². The van der Waals surface area contributed by atoms with Gasteiger partial charge in [-0.15, -0.1) is 0 Å². The first-order chi connectivity index (χ1) is 7.18. The molecule has 1 aliphatic carbocycles. The highest BCUT2D eigenvalue weighted by Crippen LogP contribution is 2.18. The van der Waals surface area contributed by atoms with E-state index in [2.05, 4.69) is 10.6 Å². The van der Waals surface area contributed by atoms with Crippen molar-refractivity contribution in [1.82, 2.24) is 10.6 Å². The summed E-state index contributed by atoms with van der Waals surface area (Å²) in [5.41, 5.74) is 0. The van der Waals surface area contributed by atoms with E-state index in [1.807, 2.05) is 0 Å². The summed E-state index contributed by atoms with van der Waals surface area (Å²) in [6, 6.07) is 0.629. The molecule has 1 saturated carbocycles. The first kappa shape index (κ1) is 12.0. The third-order valence-electron chi connectivity index (χ3n) is 2.25. The van der Waals surface area contributed by atoms with Gasteiger partial charge in [0.15, 0.2) is 0 Å². The summed E-state index contributed by atoms with van der Waals surface area (Å²) < 4.78 is 0. The molecule has 0 aromatic carbocycles. The summed E-state index contributed by atoms with van der Waals surface area (Å²) in [5, 5.41) is 14.3. The fraction of sp³-hybridized carbons (Fsp3) is 0.800. The van der Waals surface area contributed by atoms with Crippen LogP contribution in [0.1, 0.15) is 32.1 Å². The molecule has 1 fully saturated rings. The van der Waals surface area contributed by atoms with E-state index >= 15 is 0 Å². The van der Waals surface area contributed by atoms with Crippen molar-refractivity contribution in [2.24, 2.45) is 0 Å². The van der Waals surface area contributed by atoms with Crippen LogP contribution in [0.2, 0.25) is 0 Å². The van der Waals surface area contributed by atoms with E-state index in [1.165, 1.54) is 12.8 Å². The number of hydrogen-bond donors (Lipinski definition) is 3. The van der Waals surface area contributed by atoms with Crippen LogP contribution in [0.5, 0.6) is 0 Å². The van der Waals surface area contributed by atoms with Crippen LogP contribution in [-0.2, 0) is 9.59 Å². The Morgan fingerprint density at radius 3 is 2.53 bits per heavy atom. The molecule has 0 spiro atoms. The highest BCUT2D eigenvalue weighted by Gasteiger charge is 2.19. The van der Waals surface area contributed by atoms with Crippen molar-refractivity contribution in [3.05, 3.63) is 0 Å². The Bertz CT molecular complexity index is 227. The largest absolute Gasteiger partial charge is 0.481 e. The number of rotatable bonds is 8. The van der Waals surface area contributed by atoms with E-state index in [-0.39, 0.29) is 12.3 Å². The normalized spacial score (nSPS) is 14.9. The average Bonchev–Trinajstić information content (AvgIpc) is 2.96. The lowest BCUT2D eigenvalue weighted by molar-refractivity contribution is -0.137. The Balaban J connectivity index is 1.86. The number of nitrogens with one attached hydrogen (secondary N) is 2. The summed E-state index contributed by atoms with van der Waals surface area (Å²) in [7, 11) is 0. The molecular weight excluding hydrogens is 196 g/mol. The van der Waals surface area contributed by atoms with Crippen LogP contribution in [0, 0.1) is 0 Å². The van der Waals surface area contributed by atoms with E-state index in [9.17, 15) is 9.59 Å². The Labute approximate surface area is 89.2 Å². The minimum Gasteiger partial charge on any atom is -0.481 e. The van der Waals surface area contributed by atoms with Crippen LogP contribution in [0.15, 0.2) is 0 Å². The van der Waals surface area contributed by atoms with Gasteiger partial charge in [0.1, 0.15) is 0 Å². The lowest BCUT2D eigenvalue weighted by atomic mass is 10.3. The lowest BCUT2D eigenvalue weighted by Crippen LogP contribution is -2.29. The summed E-state index contributed by atoms with van der Waals surface area (Å²) in [6.45, 7) is 1.17. The van der Waals surface area contributed by atoms with Crippen molar-refractivity contribution in [1.29, 1.82) is 0 Å². The van der Waals surface area contributed by atoms with Crippen LogP contribution in [0.3, 0.4) is 0 Å². The molecule has 0 radical (unpaired) electrons. The number of amides is 1. The molecule has 5 heteroatoms. The molecule has 3 N–H and O–H groups in total. The van der Waals surface area contributed by atoms with Gasteiger partial charge in [-0.25, -0.2) is 0 Å². The van der Waals surface area contributed by atoms with E-state index in [0.717, 1.165) is 6.54 Å². The van der Waals surface area contributed by atoms with Crippen molar-refractivity contribution >= 4 is 11.9 Å². The van der Waals surface area contributed by atoms with Crippen LogP contribution in [0.4, 0.5) is 0 Å². The standard InChI is InChI=1S/C10H18N2O3/c13-9(5-7-11-8-3-4-8)12-6-1-2-10(14)15/h8,11H,1-7H2,(H,12,13)(H,14,15). The topological polar surface area (TPSA) is 78.4 Å². The molecule has 0 saturated heterocycles. The predicted octanol–water partition coefficient (Wildman–Crippen LogP) is 0.110. The van der Waals surface area contributed by atoms with Gasteiger partial charge in [-0.05, 0) is 19.3 Å². The summed E-state index contributed by atoms with van der Waals surface area (Å²) >= 11 is 0. The maximum atomic E-state index is 11.2. The van der Waals surface area contributed by atoms with Crippen molar-refractivity contribution in [3.8, 4) is 0 Å². The molecule has 5 nitrogen and oxygen atoms in total. The summed E-state index contributed by atoms with van der Waals surface area (Å²) in [6.07, 6.45) is 3.53. The molecule has 1 aliphatic rings. The van der Waals surface area contributed by atoms with Gasteiger partial charge in [0.2, 0.25) is 5.91 Å². The summed E-state index contributed by atoms with van der Waals surface area (Å²) in [4.78, 5) is 21.4. The summed E-state index contributed by atoms with van der Waals surface area (Å²) in [5.74, 6) is -0.826. The molecule has 0 unspecified atom stereocenters. The molecule has 0 aliphatic heterocycles. The highest BCUT2D eigenvalue weighted by molar-refractivity contribution is 5.76. The molecule has 1 rings (SSSR count). The molecule has 0 heterocycles. The number of hydrogen-bond acceptors (Lipinski definition) is 3. The second-order valence-electron chi connectivity index (χ2n) is 3.83. The highest BCUT2D eigenvalue weighted by atomic mass is 16.4. The van der Waals surface area contributed by atoms with Gasteiger partial charge < -0.3 is 15.7 Å². The Morgan fingerprint density at radius 1 is 1.20 bits per heavy atom. The van der Waals surface area contributed by atoms with Gasteiger partial charge in [0, 0.05) is 32.0 Å². The fourth-order valence-corrected chi connectivity index (χ4v) is 1.23. The predicted molar refractivity (Wildman–Crippen MR) is 55.5 cm³/mol. The van der Waals surface area contributed by atoms with Gasteiger partial charge in [0.25, 0.3) is 0 Å². The zero-order valence-electron chi connectivity index (χ0n) is 8.79. The first-order valence-electron chi connectivity index (χ1n) is 5.40. The molecule has 86 valence electrons. The smallest absolute Gasteiger partial charge is 0.303 e. The van der Waals surface area contributed by atoms with Crippen molar-refractivity contribution in [3.63, 3.8) is 0 Å². The zero-order valence-corrected chi connectivity index (χ0v) is 8.79. The number of aliphatic carboxylic acids is 1. The quantitative estimate of drug-likeness (QED) is 0.501. The van der Waals surface area contributed by atoms with Crippen LogP contribution in [-0.4, -0.2) is 36.1 Å². The van der Waals surface area contributed by atoms with Gasteiger partial charge >= 0.3 is 5.97 Å². The maximum absolute atomic E-state index is 11.2. The fourth-order valence-electron chi connectivity index (χ4n) is 1.23. The lowest BCUT2D eigenvalue weighted by Gasteiger charge is -2.04. The molecule has 0 atom stereocenters. The van der Waals surface area contributed by atoms with E-state index < -0.39 is 5.97 Å². The minimum absolute atomic E-state index is 0.00598. The molecule has 0 bridgehead atoms. The average molecular weight is 214 g/mol. The Kier molecular flexibility index (Phi) is 5.10. The van der Waals surface area contributed by atoms with Gasteiger partial charge in [-0.3, -0.25) is 9.59 Å². The number of carboxylic acid groups (broad SMARTS) is 1. The number of carbonyl (C=O) groups excluding carboxylic acids is 1. The first-order valence-corrected chi connectivity index (χ1v) is 5.40. The van der Waals surface area contributed by atoms with Crippen molar-refractivity contribution < 1.29 is 14.7 Å². The van der Waals surface area contributed by atoms with Gasteiger partial charge in [0.05, 0.1) is 0 Å². The number of carboxylic acids is 1. The van der Waals surface area contributed by atoms with E-state index in [4.69, 9.17) is 5.11 Å². The molecule has 0 aromatic heterocycles. The zero-order chi connectivity index (χ0) is 11.1. The van der Waals surface area contributed by atoms with Crippen molar-refractivity contribution in [2.45, 2.75) is 38.1 Å². The molecular formula is C10H18N2O3. The minimum atomic E-state index is -0.820. The second-order valence-corrected chi connectivity index (χ2v) is 3.83. The SMILES string of the molecule is O=C(O)CCCNC(=O)CCNC1CC1. The van der Waals surface area contributed by atoms with Crippen molar-refractivity contribution in [2.75, 3.05) is 13.1 Å². The monoisotopic (exact) mass is 214 g/mol. The molecule has 15 heavy (non-hydrogen) atoms. The molecule has 1 amide bonds. The maximum Gasteiger partial charge on any atom is 0.303 e. The van der Waals surface area contributed by atoms with Crippen LogP contribution in [0.25, 0.3) is 0 Å². The van der Waals surface area contributed by atoms with E-state index in [1.54, 1.807) is 0 Å². The third-order valence-corrected chi connectivity index (χ3v) is 2.25. The number of carbonyl (C=O) groups is 2. The Morgan fingerprint density at radius 2 is 1.93 bits per heavy atom. The Hall–Kier alpha value is -1.10. The van der Waals surface area contributed by atoms with Crippen LogP contribution >= 0.6 is 0 Å². The third kappa shape index (κ3) is 6.90.